The smallest absolute Gasteiger partial charge is 0.161 e. The summed E-state index contributed by atoms with van der Waals surface area (Å²) in [5.41, 5.74) is 1.32. The highest BCUT2D eigenvalue weighted by Crippen LogP contribution is 2.38. The Morgan fingerprint density at radius 3 is 2.06 bits per heavy atom. The van der Waals surface area contributed by atoms with Crippen LogP contribution in [0.1, 0.15) is 51.0 Å². The molecule has 0 radical (unpaired) electrons. The van der Waals surface area contributed by atoms with Gasteiger partial charge in [-0.05, 0) is 49.3 Å². The zero-order valence-electron chi connectivity index (χ0n) is 10.6. The van der Waals surface area contributed by atoms with Gasteiger partial charge in [0.1, 0.15) is 0 Å². The fourth-order valence-corrected chi connectivity index (χ4v) is 1.80. The van der Waals surface area contributed by atoms with E-state index in [1.165, 1.54) is 31.2 Å². The van der Waals surface area contributed by atoms with Crippen LogP contribution in [-0.4, -0.2) is 12.2 Å². The van der Waals surface area contributed by atoms with Gasteiger partial charge in [0.15, 0.2) is 11.5 Å². The molecular weight excluding hydrogens is 212 g/mol. The van der Waals surface area contributed by atoms with E-state index in [9.17, 15) is 0 Å². The van der Waals surface area contributed by atoms with Gasteiger partial charge in [-0.3, -0.25) is 0 Å². The van der Waals surface area contributed by atoms with E-state index < -0.39 is 0 Å². The van der Waals surface area contributed by atoms with Crippen LogP contribution in [0.5, 0.6) is 11.5 Å². The minimum absolute atomic E-state index is 0.430. The normalized spacial score (nSPS) is 19.5. The van der Waals surface area contributed by atoms with Gasteiger partial charge in [-0.2, -0.15) is 0 Å². The molecule has 0 heterocycles. The quantitative estimate of drug-likeness (QED) is 0.766. The predicted octanol–water partition coefficient (Wildman–Crippen LogP) is 3.89. The molecule has 17 heavy (non-hydrogen) atoms. The van der Waals surface area contributed by atoms with Gasteiger partial charge in [-0.15, -0.1) is 0 Å². The summed E-state index contributed by atoms with van der Waals surface area (Å²) in [6.45, 7) is 4.41. The van der Waals surface area contributed by atoms with Crippen molar-refractivity contribution in [3.8, 4) is 11.5 Å². The van der Waals surface area contributed by atoms with Crippen molar-refractivity contribution in [2.45, 2.75) is 57.7 Å². The fraction of sp³-hybridized carbons (Fsp3) is 0.600. The summed E-state index contributed by atoms with van der Waals surface area (Å²) in [5, 5.41) is 0. The van der Waals surface area contributed by atoms with Crippen LogP contribution in [0.4, 0.5) is 0 Å². The molecule has 0 amide bonds. The molecule has 2 aliphatic carbocycles. The monoisotopic (exact) mass is 232 g/mol. The van der Waals surface area contributed by atoms with E-state index in [1.807, 2.05) is 0 Å². The molecule has 0 atom stereocenters. The molecular formula is C15H20O2. The molecule has 2 heteroatoms. The predicted molar refractivity (Wildman–Crippen MR) is 67.8 cm³/mol. The van der Waals surface area contributed by atoms with E-state index in [0.717, 1.165) is 11.5 Å². The summed E-state index contributed by atoms with van der Waals surface area (Å²) in [6, 6.07) is 6.38. The standard InChI is InChI=1S/C15H20O2/c1-10(2)11-3-8-14(16-12-4-5-12)15(9-11)17-13-6-7-13/h3,8-10,12-13H,4-7H2,1-2H3. The van der Waals surface area contributed by atoms with Crippen molar-refractivity contribution in [3.63, 3.8) is 0 Å². The van der Waals surface area contributed by atoms with Crippen LogP contribution in [-0.2, 0) is 0 Å². The Morgan fingerprint density at radius 2 is 1.53 bits per heavy atom. The van der Waals surface area contributed by atoms with Crippen LogP contribution >= 0.6 is 0 Å². The lowest BCUT2D eigenvalue weighted by atomic mass is 10.0. The topological polar surface area (TPSA) is 18.5 Å². The maximum absolute atomic E-state index is 5.95. The second kappa shape index (κ2) is 4.25. The van der Waals surface area contributed by atoms with E-state index in [-0.39, 0.29) is 0 Å². The molecule has 2 nitrogen and oxygen atoms in total. The average Bonchev–Trinajstić information content (AvgIpc) is 3.14. The maximum atomic E-state index is 5.95. The van der Waals surface area contributed by atoms with Crippen molar-refractivity contribution in [2.75, 3.05) is 0 Å². The second-order valence-corrected chi connectivity index (χ2v) is 5.50. The molecule has 2 aliphatic rings. The minimum Gasteiger partial charge on any atom is -0.487 e. The molecule has 0 saturated heterocycles. The highest BCUT2D eigenvalue weighted by Gasteiger charge is 2.28. The Kier molecular flexibility index (Phi) is 2.73. The van der Waals surface area contributed by atoms with E-state index in [0.29, 0.717) is 18.1 Å². The van der Waals surface area contributed by atoms with Crippen molar-refractivity contribution in [1.82, 2.24) is 0 Å². The summed E-state index contributed by atoms with van der Waals surface area (Å²) < 4.78 is 11.8. The molecule has 0 aromatic heterocycles. The SMILES string of the molecule is CC(C)c1ccc(OC2CC2)c(OC2CC2)c1. The first-order chi connectivity index (χ1) is 8.22. The van der Waals surface area contributed by atoms with Gasteiger partial charge >= 0.3 is 0 Å². The van der Waals surface area contributed by atoms with E-state index in [1.54, 1.807) is 0 Å². The molecule has 2 fully saturated rings. The van der Waals surface area contributed by atoms with Gasteiger partial charge in [0.2, 0.25) is 0 Å². The molecule has 0 spiro atoms. The third kappa shape index (κ3) is 2.74. The summed E-state index contributed by atoms with van der Waals surface area (Å²) >= 11 is 0. The molecule has 0 N–H and O–H groups in total. The molecule has 2 saturated carbocycles. The van der Waals surface area contributed by atoms with Crippen molar-refractivity contribution in [1.29, 1.82) is 0 Å². The summed E-state index contributed by atoms with van der Waals surface area (Å²) in [5.74, 6) is 2.42. The van der Waals surface area contributed by atoms with Crippen LogP contribution in [0.3, 0.4) is 0 Å². The number of hydrogen-bond donors (Lipinski definition) is 0. The molecule has 3 rings (SSSR count). The van der Waals surface area contributed by atoms with Crippen LogP contribution < -0.4 is 9.47 Å². The Hall–Kier alpha value is -1.18. The van der Waals surface area contributed by atoms with Crippen LogP contribution in [0, 0.1) is 0 Å². The minimum atomic E-state index is 0.430. The van der Waals surface area contributed by atoms with Gasteiger partial charge in [-0.25, -0.2) is 0 Å². The van der Waals surface area contributed by atoms with Crippen molar-refractivity contribution >= 4 is 0 Å². The average molecular weight is 232 g/mol. The largest absolute Gasteiger partial charge is 0.487 e. The van der Waals surface area contributed by atoms with Crippen molar-refractivity contribution in [3.05, 3.63) is 23.8 Å². The fourth-order valence-electron chi connectivity index (χ4n) is 1.80. The van der Waals surface area contributed by atoms with Gasteiger partial charge in [0.25, 0.3) is 0 Å². The molecule has 0 aliphatic heterocycles. The van der Waals surface area contributed by atoms with Gasteiger partial charge in [0.05, 0.1) is 12.2 Å². The zero-order chi connectivity index (χ0) is 11.8. The van der Waals surface area contributed by atoms with Crippen LogP contribution in [0.15, 0.2) is 18.2 Å². The second-order valence-electron chi connectivity index (χ2n) is 5.50. The first-order valence-electron chi connectivity index (χ1n) is 6.69. The number of benzene rings is 1. The summed E-state index contributed by atoms with van der Waals surface area (Å²) in [4.78, 5) is 0. The Bertz CT molecular complexity index is 403. The van der Waals surface area contributed by atoms with Crippen molar-refractivity contribution in [2.24, 2.45) is 0 Å². The Morgan fingerprint density at radius 1 is 0.941 bits per heavy atom. The molecule has 92 valence electrons. The van der Waals surface area contributed by atoms with E-state index >= 15 is 0 Å². The molecule has 1 aromatic carbocycles. The van der Waals surface area contributed by atoms with Gasteiger partial charge in [0, 0.05) is 0 Å². The van der Waals surface area contributed by atoms with E-state index in [2.05, 4.69) is 32.0 Å². The molecule has 1 aromatic rings. The first-order valence-corrected chi connectivity index (χ1v) is 6.69. The lowest BCUT2D eigenvalue weighted by Crippen LogP contribution is -2.03. The summed E-state index contributed by atoms with van der Waals surface area (Å²) in [6.07, 6.45) is 5.62. The summed E-state index contributed by atoms with van der Waals surface area (Å²) in [7, 11) is 0. The third-order valence-corrected chi connectivity index (χ3v) is 3.27. The highest BCUT2D eigenvalue weighted by molar-refractivity contribution is 5.44. The third-order valence-electron chi connectivity index (χ3n) is 3.27. The molecule has 0 bridgehead atoms. The van der Waals surface area contributed by atoms with Crippen LogP contribution in [0.25, 0.3) is 0 Å². The van der Waals surface area contributed by atoms with Gasteiger partial charge < -0.3 is 9.47 Å². The number of hydrogen-bond acceptors (Lipinski definition) is 2. The lowest BCUT2D eigenvalue weighted by Gasteiger charge is -2.14. The number of ether oxygens (including phenoxy) is 2. The Balaban J connectivity index is 1.83. The van der Waals surface area contributed by atoms with E-state index in [4.69, 9.17) is 9.47 Å². The first kappa shape index (κ1) is 10.9. The lowest BCUT2D eigenvalue weighted by molar-refractivity contribution is 0.253. The Labute approximate surface area is 103 Å². The number of rotatable bonds is 5. The van der Waals surface area contributed by atoms with Gasteiger partial charge in [-0.1, -0.05) is 19.9 Å². The highest BCUT2D eigenvalue weighted by atomic mass is 16.5. The van der Waals surface area contributed by atoms with Crippen molar-refractivity contribution < 1.29 is 9.47 Å². The molecule has 0 unspecified atom stereocenters. The maximum Gasteiger partial charge on any atom is 0.161 e. The van der Waals surface area contributed by atoms with Crippen LogP contribution in [0.2, 0.25) is 0 Å². The zero-order valence-corrected chi connectivity index (χ0v) is 10.6.